The van der Waals surface area contributed by atoms with Crippen LogP contribution in [0.5, 0.6) is 5.75 Å². The molecular weight excluding hydrogens is 399 g/mol. The van der Waals surface area contributed by atoms with Crippen LogP contribution in [0.15, 0.2) is 66.3 Å². The van der Waals surface area contributed by atoms with E-state index >= 15 is 0 Å². The summed E-state index contributed by atoms with van der Waals surface area (Å²) in [7, 11) is 0. The lowest BCUT2D eigenvalue weighted by molar-refractivity contribution is -0.137. The zero-order valence-electron chi connectivity index (χ0n) is 15.8. The summed E-state index contributed by atoms with van der Waals surface area (Å²) in [6.45, 7) is 6.42. The van der Waals surface area contributed by atoms with E-state index in [0.717, 1.165) is 23.4 Å². The van der Waals surface area contributed by atoms with Gasteiger partial charge in [0.05, 0.1) is 5.56 Å². The van der Waals surface area contributed by atoms with Gasteiger partial charge in [-0.1, -0.05) is 54.2 Å². The van der Waals surface area contributed by atoms with Gasteiger partial charge in [-0.2, -0.15) is 13.2 Å². The van der Waals surface area contributed by atoms with Crippen LogP contribution in [0.25, 0.3) is 0 Å². The van der Waals surface area contributed by atoms with Crippen LogP contribution in [-0.4, -0.2) is 14.8 Å². The topological polar surface area (TPSA) is 39.9 Å². The van der Waals surface area contributed by atoms with Gasteiger partial charge < -0.3 is 4.74 Å². The molecule has 0 aliphatic rings. The Hall–Kier alpha value is -2.74. The van der Waals surface area contributed by atoms with Gasteiger partial charge in [0, 0.05) is 12.3 Å². The van der Waals surface area contributed by atoms with Crippen molar-refractivity contribution in [3.05, 3.63) is 83.7 Å². The van der Waals surface area contributed by atoms with E-state index < -0.39 is 11.7 Å². The summed E-state index contributed by atoms with van der Waals surface area (Å²) in [5, 5.41) is 8.97. The number of benzene rings is 2. The average Bonchev–Trinajstić information content (AvgIpc) is 3.07. The van der Waals surface area contributed by atoms with Crippen LogP contribution in [0.1, 0.15) is 22.5 Å². The summed E-state index contributed by atoms with van der Waals surface area (Å²) in [5.41, 5.74) is 0.924. The predicted octanol–water partition coefficient (Wildman–Crippen LogP) is 5.66. The Balaban J connectivity index is 1.72. The Bertz CT molecular complexity index is 985. The largest absolute Gasteiger partial charge is 0.485 e. The molecule has 0 bridgehead atoms. The van der Waals surface area contributed by atoms with E-state index in [9.17, 15) is 13.2 Å². The third-order valence-electron chi connectivity index (χ3n) is 4.18. The van der Waals surface area contributed by atoms with Gasteiger partial charge in [-0.3, -0.25) is 4.57 Å². The Morgan fingerprint density at radius 3 is 2.66 bits per heavy atom. The van der Waals surface area contributed by atoms with Crippen molar-refractivity contribution in [1.29, 1.82) is 0 Å². The first-order chi connectivity index (χ1) is 13.9. The summed E-state index contributed by atoms with van der Waals surface area (Å²) >= 11 is 1.32. The predicted molar refractivity (Wildman–Crippen MR) is 107 cm³/mol. The van der Waals surface area contributed by atoms with E-state index in [4.69, 9.17) is 4.74 Å². The van der Waals surface area contributed by atoms with Crippen molar-refractivity contribution in [3.63, 3.8) is 0 Å². The van der Waals surface area contributed by atoms with Crippen molar-refractivity contribution in [2.45, 2.75) is 37.2 Å². The van der Waals surface area contributed by atoms with E-state index in [0.29, 0.717) is 28.8 Å². The van der Waals surface area contributed by atoms with Crippen LogP contribution in [0, 0.1) is 6.92 Å². The molecule has 4 nitrogen and oxygen atoms in total. The highest BCUT2D eigenvalue weighted by molar-refractivity contribution is 7.98. The van der Waals surface area contributed by atoms with Gasteiger partial charge in [-0.15, -0.1) is 16.8 Å². The molecule has 0 spiro atoms. The highest BCUT2D eigenvalue weighted by atomic mass is 32.2. The van der Waals surface area contributed by atoms with Crippen LogP contribution in [0.4, 0.5) is 13.2 Å². The van der Waals surface area contributed by atoms with Gasteiger partial charge in [0.2, 0.25) is 0 Å². The Labute approximate surface area is 171 Å². The van der Waals surface area contributed by atoms with Gasteiger partial charge in [0.1, 0.15) is 12.4 Å². The van der Waals surface area contributed by atoms with Crippen LogP contribution >= 0.6 is 11.8 Å². The number of ether oxygens (including phenoxy) is 1. The molecule has 0 saturated carbocycles. The first-order valence-electron chi connectivity index (χ1n) is 8.89. The lowest BCUT2D eigenvalue weighted by atomic mass is 10.1. The molecule has 3 rings (SSSR count). The summed E-state index contributed by atoms with van der Waals surface area (Å²) in [5.74, 6) is 1.73. The van der Waals surface area contributed by atoms with Crippen molar-refractivity contribution >= 4 is 11.8 Å². The molecule has 0 radical (unpaired) electrons. The zero-order valence-corrected chi connectivity index (χ0v) is 16.6. The first kappa shape index (κ1) is 21.0. The quantitative estimate of drug-likeness (QED) is 0.349. The van der Waals surface area contributed by atoms with Crippen molar-refractivity contribution in [2.75, 3.05) is 0 Å². The van der Waals surface area contributed by atoms with E-state index in [1.54, 1.807) is 12.1 Å². The minimum absolute atomic E-state index is 0.232. The van der Waals surface area contributed by atoms with Gasteiger partial charge in [0.15, 0.2) is 11.0 Å². The second-order valence-corrected chi connectivity index (χ2v) is 7.28. The van der Waals surface area contributed by atoms with Crippen molar-refractivity contribution in [2.24, 2.45) is 0 Å². The Kier molecular flexibility index (Phi) is 6.64. The lowest BCUT2D eigenvalue weighted by Gasteiger charge is -2.11. The third kappa shape index (κ3) is 5.41. The number of aryl methyl sites for hydroxylation is 1. The molecule has 1 heterocycles. The van der Waals surface area contributed by atoms with Gasteiger partial charge >= 0.3 is 6.18 Å². The summed E-state index contributed by atoms with van der Waals surface area (Å²) in [4.78, 5) is 0. The maximum Gasteiger partial charge on any atom is 0.416 e. The first-order valence-corrected chi connectivity index (χ1v) is 9.87. The van der Waals surface area contributed by atoms with Gasteiger partial charge in [-0.05, 0) is 30.2 Å². The molecule has 152 valence electrons. The maximum absolute atomic E-state index is 12.9. The molecule has 1 aromatic heterocycles. The normalized spacial score (nSPS) is 11.4. The number of alkyl halides is 3. The molecule has 0 unspecified atom stereocenters. The SMILES string of the molecule is C=CCn1c(COc2ccccc2C)nnc1SCc1cccc(C(F)(F)F)c1. The van der Waals surface area contributed by atoms with Crippen LogP contribution < -0.4 is 4.74 Å². The Morgan fingerprint density at radius 1 is 1.14 bits per heavy atom. The molecular formula is C21H20F3N3OS. The Morgan fingerprint density at radius 2 is 1.93 bits per heavy atom. The summed E-state index contributed by atoms with van der Waals surface area (Å²) in [6.07, 6.45) is -2.64. The molecule has 0 aliphatic carbocycles. The van der Waals surface area contributed by atoms with E-state index in [2.05, 4.69) is 16.8 Å². The van der Waals surface area contributed by atoms with Crippen molar-refractivity contribution in [1.82, 2.24) is 14.8 Å². The molecule has 0 atom stereocenters. The zero-order chi connectivity index (χ0) is 20.9. The minimum Gasteiger partial charge on any atom is -0.485 e. The van der Waals surface area contributed by atoms with Crippen molar-refractivity contribution in [3.8, 4) is 5.75 Å². The number of halogens is 3. The van der Waals surface area contributed by atoms with Crippen LogP contribution in [0.2, 0.25) is 0 Å². The average molecular weight is 419 g/mol. The second-order valence-electron chi connectivity index (χ2n) is 6.34. The summed E-state index contributed by atoms with van der Waals surface area (Å²) < 4.78 is 46.4. The highest BCUT2D eigenvalue weighted by Crippen LogP contribution is 2.31. The second kappa shape index (κ2) is 9.17. The molecule has 0 N–H and O–H groups in total. The van der Waals surface area contributed by atoms with Crippen LogP contribution in [0.3, 0.4) is 0 Å². The molecule has 3 aromatic rings. The number of allylic oxidation sites excluding steroid dienone is 1. The minimum atomic E-state index is -4.36. The van der Waals surface area contributed by atoms with E-state index in [-0.39, 0.29) is 6.61 Å². The molecule has 0 aliphatic heterocycles. The monoisotopic (exact) mass is 419 g/mol. The number of thioether (sulfide) groups is 1. The molecule has 2 aromatic carbocycles. The molecule has 0 amide bonds. The fourth-order valence-corrected chi connectivity index (χ4v) is 3.60. The standard InChI is InChI=1S/C21H20F3N3OS/c1-3-11-27-19(13-28-18-10-5-4-7-15(18)2)25-26-20(27)29-14-16-8-6-9-17(12-16)21(22,23)24/h3-10,12H,1,11,13-14H2,2H3. The highest BCUT2D eigenvalue weighted by Gasteiger charge is 2.30. The fourth-order valence-electron chi connectivity index (χ4n) is 2.69. The number of aromatic nitrogens is 3. The van der Waals surface area contributed by atoms with Crippen LogP contribution in [-0.2, 0) is 25.1 Å². The smallest absolute Gasteiger partial charge is 0.416 e. The number of hydrogen-bond acceptors (Lipinski definition) is 4. The van der Waals surface area contributed by atoms with E-state index in [1.807, 2.05) is 35.8 Å². The van der Waals surface area contributed by atoms with E-state index in [1.165, 1.54) is 17.8 Å². The number of hydrogen-bond donors (Lipinski definition) is 0. The molecule has 0 fully saturated rings. The molecule has 8 heteroatoms. The van der Waals surface area contributed by atoms with Crippen molar-refractivity contribution < 1.29 is 17.9 Å². The van der Waals surface area contributed by atoms with Gasteiger partial charge in [0.25, 0.3) is 0 Å². The number of para-hydroxylation sites is 1. The number of rotatable bonds is 8. The summed E-state index contributed by atoms with van der Waals surface area (Å²) in [6, 6.07) is 13.0. The fraction of sp³-hybridized carbons (Fsp3) is 0.238. The maximum atomic E-state index is 12.9. The van der Waals surface area contributed by atoms with Gasteiger partial charge in [-0.25, -0.2) is 0 Å². The lowest BCUT2D eigenvalue weighted by Crippen LogP contribution is -2.08. The molecule has 0 saturated heterocycles. The number of nitrogens with zero attached hydrogens (tertiary/aromatic N) is 3. The third-order valence-corrected chi connectivity index (χ3v) is 5.22. The molecule has 29 heavy (non-hydrogen) atoms.